The van der Waals surface area contributed by atoms with Gasteiger partial charge in [0.1, 0.15) is 5.54 Å². The van der Waals surface area contributed by atoms with Crippen LogP contribution in [-0.4, -0.2) is 46.4 Å². The van der Waals surface area contributed by atoms with Gasteiger partial charge < -0.3 is 15.3 Å². The highest BCUT2D eigenvalue weighted by Crippen LogP contribution is 2.23. The summed E-state index contributed by atoms with van der Waals surface area (Å²) in [7, 11) is 0. The lowest BCUT2D eigenvalue weighted by atomic mass is 9.91. The summed E-state index contributed by atoms with van der Waals surface area (Å²) in [5, 5.41) is 11.6. The van der Waals surface area contributed by atoms with E-state index in [4.69, 9.17) is 5.11 Å². The summed E-state index contributed by atoms with van der Waals surface area (Å²) in [5.41, 5.74) is -0.497. The smallest absolute Gasteiger partial charge is 0.303 e. The van der Waals surface area contributed by atoms with Crippen LogP contribution in [0.15, 0.2) is 30.3 Å². The standard InChI is InChI=1S/C19H26N2O4/c1-19(2,20-17(24)15-8-4-3-5-9-15)18(25)21-12-6-7-14(13-21)10-11-16(22)23/h3-5,8-9,14H,6-7,10-13H2,1-2H3,(H,20,24)(H,22,23). The van der Waals surface area contributed by atoms with Gasteiger partial charge in [0, 0.05) is 25.1 Å². The number of hydrogen-bond donors (Lipinski definition) is 2. The first-order valence-corrected chi connectivity index (χ1v) is 8.68. The van der Waals surface area contributed by atoms with Gasteiger partial charge in [0.2, 0.25) is 5.91 Å². The van der Waals surface area contributed by atoms with Gasteiger partial charge in [-0.3, -0.25) is 14.4 Å². The molecule has 1 heterocycles. The number of carbonyl (C=O) groups excluding carboxylic acids is 2. The SMILES string of the molecule is CC(C)(NC(=O)c1ccccc1)C(=O)N1CCCC(CCC(=O)O)C1. The Labute approximate surface area is 148 Å². The quantitative estimate of drug-likeness (QED) is 0.827. The van der Waals surface area contributed by atoms with E-state index in [1.165, 1.54) is 0 Å². The average molecular weight is 346 g/mol. The molecule has 0 radical (unpaired) electrons. The Morgan fingerprint density at radius 3 is 2.56 bits per heavy atom. The molecule has 0 spiro atoms. The molecule has 1 unspecified atom stereocenters. The third kappa shape index (κ3) is 5.31. The first-order valence-electron chi connectivity index (χ1n) is 8.68. The van der Waals surface area contributed by atoms with Crippen molar-refractivity contribution in [3.63, 3.8) is 0 Å². The molecule has 1 fully saturated rings. The van der Waals surface area contributed by atoms with Crippen molar-refractivity contribution in [3.05, 3.63) is 35.9 Å². The zero-order valence-electron chi connectivity index (χ0n) is 14.8. The topological polar surface area (TPSA) is 86.7 Å². The minimum atomic E-state index is -1.01. The Hall–Kier alpha value is -2.37. The molecule has 1 aromatic rings. The fourth-order valence-electron chi connectivity index (χ4n) is 3.21. The van der Waals surface area contributed by atoms with Gasteiger partial charge in [0.25, 0.3) is 5.91 Å². The number of aliphatic carboxylic acids is 1. The van der Waals surface area contributed by atoms with Crippen molar-refractivity contribution in [3.8, 4) is 0 Å². The van der Waals surface area contributed by atoms with Crippen LogP contribution >= 0.6 is 0 Å². The number of nitrogens with one attached hydrogen (secondary N) is 1. The van der Waals surface area contributed by atoms with E-state index < -0.39 is 11.5 Å². The maximum Gasteiger partial charge on any atom is 0.303 e. The lowest BCUT2D eigenvalue weighted by Gasteiger charge is -2.38. The number of hydrogen-bond acceptors (Lipinski definition) is 3. The van der Waals surface area contributed by atoms with Crippen LogP contribution in [0.3, 0.4) is 0 Å². The zero-order chi connectivity index (χ0) is 18.4. The average Bonchev–Trinajstić information content (AvgIpc) is 2.60. The molecule has 2 amide bonds. The summed E-state index contributed by atoms with van der Waals surface area (Å²) in [6, 6.07) is 8.80. The minimum Gasteiger partial charge on any atom is -0.481 e. The molecule has 0 bridgehead atoms. The van der Waals surface area contributed by atoms with Gasteiger partial charge in [-0.25, -0.2) is 0 Å². The summed E-state index contributed by atoms with van der Waals surface area (Å²) in [5.74, 6) is -1.01. The Bertz CT molecular complexity index is 628. The highest BCUT2D eigenvalue weighted by molar-refractivity contribution is 5.98. The first-order chi connectivity index (χ1) is 11.8. The van der Waals surface area contributed by atoms with Crippen molar-refractivity contribution in [1.29, 1.82) is 0 Å². The highest BCUT2D eigenvalue weighted by Gasteiger charge is 2.35. The largest absolute Gasteiger partial charge is 0.481 e. The molecule has 0 aliphatic carbocycles. The Balaban J connectivity index is 1.97. The van der Waals surface area contributed by atoms with E-state index in [9.17, 15) is 14.4 Å². The molecule has 1 atom stereocenters. The summed E-state index contributed by atoms with van der Waals surface area (Å²) in [6.07, 6.45) is 2.50. The van der Waals surface area contributed by atoms with E-state index in [2.05, 4.69) is 5.32 Å². The van der Waals surface area contributed by atoms with Crippen LogP contribution in [0, 0.1) is 5.92 Å². The van der Waals surface area contributed by atoms with Gasteiger partial charge in [-0.05, 0) is 51.2 Å². The second kappa shape index (κ2) is 8.14. The third-order valence-corrected chi connectivity index (χ3v) is 4.57. The Kier molecular flexibility index (Phi) is 6.17. The number of benzene rings is 1. The number of rotatable bonds is 6. The Morgan fingerprint density at radius 2 is 1.92 bits per heavy atom. The number of carbonyl (C=O) groups is 3. The molecule has 6 heteroatoms. The van der Waals surface area contributed by atoms with E-state index in [1.54, 1.807) is 43.0 Å². The lowest BCUT2D eigenvalue weighted by molar-refractivity contribution is -0.139. The van der Waals surface area contributed by atoms with Crippen molar-refractivity contribution >= 4 is 17.8 Å². The minimum absolute atomic E-state index is 0.126. The summed E-state index contributed by atoms with van der Waals surface area (Å²) < 4.78 is 0. The molecule has 1 aliphatic rings. The van der Waals surface area contributed by atoms with Gasteiger partial charge >= 0.3 is 5.97 Å². The predicted octanol–water partition coefficient (Wildman–Crippen LogP) is 2.30. The fourth-order valence-corrected chi connectivity index (χ4v) is 3.21. The number of nitrogens with zero attached hydrogens (tertiary/aromatic N) is 1. The van der Waals surface area contributed by atoms with Gasteiger partial charge in [-0.1, -0.05) is 18.2 Å². The molecule has 1 saturated heterocycles. The molecule has 136 valence electrons. The second-order valence-corrected chi connectivity index (χ2v) is 7.14. The number of likely N-dealkylation sites (tertiary alicyclic amines) is 1. The summed E-state index contributed by atoms with van der Waals surface area (Å²) in [6.45, 7) is 4.61. The normalized spacial score (nSPS) is 17.8. The third-order valence-electron chi connectivity index (χ3n) is 4.57. The highest BCUT2D eigenvalue weighted by atomic mass is 16.4. The van der Waals surface area contributed by atoms with Crippen LogP contribution in [-0.2, 0) is 9.59 Å². The predicted molar refractivity (Wildman–Crippen MR) is 94.2 cm³/mol. The Morgan fingerprint density at radius 1 is 1.24 bits per heavy atom. The molecule has 0 aromatic heterocycles. The summed E-state index contributed by atoms with van der Waals surface area (Å²) >= 11 is 0. The molecule has 1 aromatic carbocycles. The van der Waals surface area contributed by atoms with E-state index in [1.807, 2.05) is 6.07 Å². The second-order valence-electron chi connectivity index (χ2n) is 7.14. The van der Waals surface area contributed by atoms with E-state index in [0.717, 1.165) is 12.8 Å². The molecule has 0 saturated carbocycles. The fraction of sp³-hybridized carbons (Fsp3) is 0.526. The molecule has 25 heavy (non-hydrogen) atoms. The molecule has 1 aliphatic heterocycles. The number of carboxylic acids is 1. The van der Waals surface area contributed by atoms with Crippen LogP contribution in [0.25, 0.3) is 0 Å². The van der Waals surface area contributed by atoms with Crippen LogP contribution in [0.4, 0.5) is 0 Å². The van der Waals surface area contributed by atoms with E-state index >= 15 is 0 Å². The van der Waals surface area contributed by atoms with E-state index in [0.29, 0.717) is 25.1 Å². The number of amides is 2. The summed E-state index contributed by atoms with van der Waals surface area (Å²) in [4.78, 5) is 37.7. The first kappa shape index (κ1) is 19.0. The van der Waals surface area contributed by atoms with Crippen LogP contribution in [0.1, 0.15) is 49.9 Å². The molecular formula is C19H26N2O4. The van der Waals surface area contributed by atoms with E-state index in [-0.39, 0.29) is 24.2 Å². The van der Waals surface area contributed by atoms with Gasteiger partial charge in [-0.15, -0.1) is 0 Å². The molecular weight excluding hydrogens is 320 g/mol. The number of carboxylic acid groups (broad SMARTS) is 1. The van der Waals surface area contributed by atoms with Crippen molar-refractivity contribution in [2.45, 2.75) is 45.1 Å². The van der Waals surface area contributed by atoms with Crippen LogP contribution in [0.5, 0.6) is 0 Å². The molecule has 2 N–H and O–H groups in total. The molecule has 6 nitrogen and oxygen atoms in total. The lowest BCUT2D eigenvalue weighted by Crippen LogP contribution is -2.57. The zero-order valence-corrected chi connectivity index (χ0v) is 14.8. The van der Waals surface area contributed by atoms with Gasteiger partial charge in [-0.2, -0.15) is 0 Å². The van der Waals surface area contributed by atoms with Crippen molar-refractivity contribution in [1.82, 2.24) is 10.2 Å². The van der Waals surface area contributed by atoms with Crippen molar-refractivity contribution < 1.29 is 19.5 Å². The van der Waals surface area contributed by atoms with Crippen LogP contribution in [0.2, 0.25) is 0 Å². The molecule has 2 rings (SSSR count). The van der Waals surface area contributed by atoms with Crippen LogP contribution < -0.4 is 5.32 Å². The van der Waals surface area contributed by atoms with Crippen molar-refractivity contribution in [2.24, 2.45) is 5.92 Å². The van der Waals surface area contributed by atoms with Gasteiger partial charge in [0.05, 0.1) is 0 Å². The number of piperidine rings is 1. The monoisotopic (exact) mass is 346 g/mol. The maximum absolute atomic E-state index is 12.9. The van der Waals surface area contributed by atoms with Crippen molar-refractivity contribution in [2.75, 3.05) is 13.1 Å². The maximum atomic E-state index is 12.9. The van der Waals surface area contributed by atoms with Gasteiger partial charge in [0.15, 0.2) is 0 Å².